The molecule has 0 fully saturated rings. The monoisotopic (exact) mass is 203 g/mol. The smallest absolute Gasteiger partial charge is 0.254 e. The van der Waals surface area contributed by atoms with Crippen molar-refractivity contribution in [2.45, 2.75) is 6.92 Å². The number of rotatable bonds is 3. The third-order valence-electron chi connectivity index (χ3n) is 2.26. The van der Waals surface area contributed by atoms with Crippen molar-refractivity contribution in [2.24, 2.45) is 0 Å². The number of ether oxygens (including phenoxy) is 1. The second-order valence-corrected chi connectivity index (χ2v) is 3.30. The summed E-state index contributed by atoms with van der Waals surface area (Å²) < 4.78 is 5.32. The Bertz CT molecular complexity index is 384. The maximum absolute atomic E-state index is 11.6. The third kappa shape index (κ3) is 2.01. The fourth-order valence-electron chi connectivity index (χ4n) is 1.59. The van der Waals surface area contributed by atoms with E-state index in [1.165, 1.54) is 0 Å². The van der Waals surface area contributed by atoms with E-state index in [9.17, 15) is 4.79 Å². The molecule has 0 aromatic heterocycles. The van der Waals surface area contributed by atoms with Gasteiger partial charge in [0.05, 0.1) is 13.2 Å². The lowest BCUT2D eigenvalue weighted by atomic mass is 10.3. The van der Waals surface area contributed by atoms with E-state index in [0.717, 1.165) is 11.4 Å². The molecule has 0 radical (unpaired) electrons. The summed E-state index contributed by atoms with van der Waals surface area (Å²) in [6, 6.07) is 9.60. The van der Waals surface area contributed by atoms with E-state index < -0.39 is 0 Å². The summed E-state index contributed by atoms with van der Waals surface area (Å²) in [6.07, 6.45) is 1.55. The highest BCUT2D eigenvalue weighted by atomic mass is 16.5. The molecule has 1 aliphatic rings. The Morgan fingerprint density at radius 3 is 2.73 bits per heavy atom. The van der Waals surface area contributed by atoms with Crippen LogP contribution >= 0.6 is 0 Å². The van der Waals surface area contributed by atoms with Crippen LogP contribution < -0.4 is 4.90 Å². The van der Waals surface area contributed by atoms with Crippen molar-refractivity contribution in [1.82, 2.24) is 0 Å². The summed E-state index contributed by atoms with van der Waals surface area (Å²) >= 11 is 0. The lowest BCUT2D eigenvalue weighted by Gasteiger charge is -2.16. The first-order valence-electron chi connectivity index (χ1n) is 5.01. The number of carbonyl (C=O) groups is 1. The van der Waals surface area contributed by atoms with Crippen LogP contribution in [0.1, 0.15) is 6.92 Å². The van der Waals surface area contributed by atoms with Crippen LogP contribution in [0.3, 0.4) is 0 Å². The average Bonchev–Trinajstić information content (AvgIpc) is 2.61. The summed E-state index contributed by atoms with van der Waals surface area (Å²) in [7, 11) is 0. The summed E-state index contributed by atoms with van der Waals surface area (Å²) in [5.74, 6) is 0.732. The Hall–Kier alpha value is -1.77. The normalized spacial score (nSPS) is 15.4. The van der Waals surface area contributed by atoms with Gasteiger partial charge in [0, 0.05) is 11.8 Å². The van der Waals surface area contributed by atoms with Crippen LogP contribution in [-0.4, -0.2) is 19.1 Å². The predicted octanol–water partition coefficient (Wildman–Crippen LogP) is 1.95. The Morgan fingerprint density at radius 1 is 1.33 bits per heavy atom. The standard InChI is InChI=1S/C12H13NO2/c1-2-15-11-8-12(14)13(9-11)10-6-4-3-5-7-10/h3-8H,2,9H2,1H3. The summed E-state index contributed by atoms with van der Waals surface area (Å²) in [6.45, 7) is 3.05. The number of anilines is 1. The van der Waals surface area contributed by atoms with Crippen LogP contribution in [0.25, 0.3) is 0 Å². The largest absolute Gasteiger partial charge is 0.496 e. The number of benzene rings is 1. The molecule has 0 saturated heterocycles. The Labute approximate surface area is 89.0 Å². The lowest BCUT2D eigenvalue weighted by Crippen LogP contribution is -2.25. The maximum Gasteiger partial charge on any atom is 0.254 e. The van der Waals surface area contributed by atoms with Gasteiger partial charge in [-0.2, -0.15) is 0 Å². The van der Waals surface area contributed by atoms with Crippen molar-refractivity contribution >= 4 is 11.6 Å². The van der Waals surface area contributed by atoms with Gasteiger partial charge >= 0.3 is 0 Å². The Balaban J connectivity index is 2.13. The van der Waals surface area contributed by atoms with Crippen LogP contribution in [0.2, 0.25) is 0 Å². The quantitative estimate of drug-likeness (QED) is 0.751. The van der Waals surface area contributed by atoms with Gasteiger partial charge in [-0.15, -0.1) is 0 Å². The molecule has 0 saturated carbocycles. The summed E-state index contributed by atoms with van der Waals surface area (Å²) in [5.41, 5.74) is 0.911. The number of para-hydroxylation sites is 1. The number of nitrogens with zero attached hydrogens (tertiary/aromatic N) is 1. The van der Waals surface area contributed by atoms with Crippen LogP contribution in [0.4, 0.5) is 5.69 Å². The lowest BCUT2D eigenvalue weighted by molar-refractivity contribution is -0.113. The molecule has 0 N–H and O–H groups in total. The van der Waals surface area contributed by atoms with Gasteiger partial charge in [-0.05, 0) is 19.1 Å². The van der Waals surface area contributed by atoms with Crippen molar-refractivity contribution in [3.05, 3.63) is 42.2 Å². The molecule has 0 bridgehead atoms. The summed E-state index contributed by atoms with van der Waals surface area (Å²) in [4.78, 5) is 13.3. The second kappa shape index (κ2) is 4.17. The minimum Gasteiger partial charge on any atom is -0.496 e. The molecule has 1 amide bonds. The molecular weight excluding hydrogens is 190 g/mol. The van der Waals surface area contributed by atoms with Gasteiger partial charge in [0.15, 0.2) is 0 Å². The average molecular weight is 203 g/mol. The Kier molecular flexibility index (Phi) is 2.72. The molecule has 1 aromatic carbocycles. The molecule has 3 nitrogen and oxygen atoms in total. The topological polar surface area (TPSA) is 29.5 Å². The molecule has 0 atom stereocenters. The molecule has 1 aromatic rings. The number of amides is 1. The van der Waals surface area contributed by atoms with Gasteiger partial charge in [-0.1, -0.05) is 18.2 Å². The van der Waals surface area contributed by atoms with Crippen LogP contribution in [0.15, 0.2) is 42.2 Å². The van der Waals surface area contributed by atoms with Gasteiger partial charge in [0.25, 0.3) is 5.91 Å². The van der Waals surface area contributed by atoms with Gasteiger partial charge in [-0.3, -0.25) is 4.79 Å². The first-order valence-corrected chi connectivity index (χ1v) is 5.01. The van der Waals surface area contributed by atoms with E-state index >= 15 is 0 Å². The van der Waals surface area contributed by atoms with E-state index in [4.69, 9.17) is 4.74 Å². The number of carbonyl (C=O) groups excluding carboxylic acids is 1. The molecule has 15 heavy (non-hydrogen) atoms. The minimum absolute atomic E-state index is 0.00958. The van der Waals surface area contributed by atoms with E-state index in [1.54, 1.807) is 11.0 Å². The van der Waals surface area contributed by atoms with Gasteiger partial charge in [-0.25, -0.2) is 0 Å². The van der Waals surface area contributed by atoms with E-state index in [2.05, 4.69) is 0 Å². The van der Waals surface area contributed by atoms with Crippen molar-refractivity contribution < 1.29 is 9.53 Å². The van der Waals surface area contributed by atoms with Crippen LogP contribution in [-0.2, 0) is 9.53 Å². The molecular formula is C12H13NO2. The number of hydrogen-bond donors (Lipinski definition) is 0. The van der Waals surface area contributed by atoms with Crippen LogP contribution in [0, 0.1) is 0 Å². The molecule has 0 unspecified atom stereocenters. The highest BCUT2D eigenvalue weighted by Gasteiger charge is 2.23. The second-order valence-electron chi connectivity index (χ2n) is 3.30. The third-order valence-corrected chi connectivity index (χ3v) is 2.26. The zero-order valence-corrected chi connectivity index (χ0v) is 8.64. The fraction of sp³-hybridized carbons (Fsp3) is 0.250. The van der Waals surface area contributed by atoms with Crippen molar-refractivity contribution in [1.29, 1.82) is 0 Å². The highest BCUT2D eigenvalue weighted by Crippen LogP contribution is 2.20. The van der Waals surface area contributed by atoms with Crippen LogP contribution in [0.5, 0.6) is 0 Å². The summed E-state index contributed by atoms with van der Waals surface area (Å²) in [5, 5.41) is 0. The molecule has 1 heterocycles. The van der Waals surface area contributed by atoms with Gasteiger partial charge in [0.1, 0.15) is 5.76 Å². The van der Waals surface area contributed by atoms with Crippen molar-refractivity contribution in [3.8, 4) is 0 Å². The molecule has 0 aliphatic carbocycles. The molecule has 1 aliphatic heterocycles. The molecule has 0 spiro atoms. The molecule has 2 rings (SSSR count). The van der Waals surface area contributed by atoms with Crippen molar-refractivity contribution in [3.63, 3.8) is 0 Å². The zero-order chi connectivity index (χ0) is 10.7. The zero-order valence-electron chi connectivity index (χ0n) is 8.64. The van der Waals surface area contributed by atoms with Gasteiger partial charge in [0.2, 0.25) is 0 Å². The first kappa shape index (κ1) is 9.77. The molecule has 78 valence electrons. The fourth-order valence-corrected chi connectivity index (χ4v) is 1.59. The maximum atomic E-state index is 11.6. The highest BCUT2D eigenvalue weighted by molar-refractivity contribution is 6.04. The SMILES string of the molecule is CCOC1=CC(=O)N(c2ccccc2)C1. The minimum atomic E-state index is -0.00958. The van der Waals surface area contributed by atoms with E-state index in [-0.39, 0.29) is 5.91 Å². The number of hydrogen-bond acceptors (Lipinski definition) is 2. The van der Waals surface area contributed by atoms with E-state index in [1.807, 2.05) is 37.3 Å². The van der Waals surface area contributed by atoms with E-state index in [0.29, 0.717) is 13.2 Å². The molecule has 3 heteroatoms. The Morgan fingerprint density at radius 2 is 2.07 bits per heavy atom. The first-order chi connectivity index (χ1) is 7.31. The van der Waals surface area contributed by atoms with Crippen molar-refractivity contribution in [2.75, 3.05) is 18.1 Å². The van der Waals surface area contributed by atoms with Gasteiger partial charge < -0.3 is 9.64 Å². The predicted molar refractivity (Wildman–Crippen MR) is 58.5 cm³/mol.